The summed E-state index contributed by atoms with van der Waals surface area (Å²) in [6, 6.07) is 124. The van der Waals surface area contributed by atoms with Gasteiger partial charge in [0.05, 0.1) is 55.5 Å². The Hall–Kier alpha value is -13.2. The van der Waals surface area contributed by atoms with E-state index in [9.17, 15) is 0 Å². The van der Waals surface area contributed by atoms with Crippen LogP contribution in [0.15, 0.2) is 340 Å². The normalized spacial score (nSPS) is 12.1. The SMILES string of the molecule is c1ccc(-n2c3ccccc3c3cc(-c4ccc5c(c4)c4ccccc4n5-c4ccc(-c5ccc(-c6nc(-c7cccc(-n8c9ccccc9c9cc(-c%10ccc%11c(c%10)c%10ccccc%10n%11-c%10ccccc%10)ccc98)c7)c7c(n6)-c6cccc8cccc-7c68)cc5)cc4)ccc32)cc1. The van der Waals surface area contributed by atoms with Crippen molar-refractivity contribution in [1.82, 2.24) is 28.2 Å². The molecule has 1 aliphatic rings. The minimum absolute atomic E-state index is 0.689. The van der Waals surface area contributed by atoms with Crippen molar-refractivity contribution in [3.8, 4) is 101 Å². The first-order valence-electron chi connectivity index (χ1n) is 33.6. The van der Waals surface area contributed by atoms with E-state index in [1.54, 1.807) is 0 Å². The summed E-state index contributed by atoms with van der Waals surface area (Å²) in [6.45, 7) is 0. The van der Waals surface area contributed by atoms with Gasteiger partial charge in [-0.1, -0.05) is 218 Å². The van der Waals surface area contributed by atoms with E-state index >= 15 is 0 Å². The van der Waals surface area contributed by atoms with Gasteiger partial charge in [0.15, 0.2) is 5.82 Å². The maximum Gasteiger partial charge on any atom is 0.160 e. The van der Waals surface area contributed by atoms with Crippen LogP contribution in [0.5, 0.6) is 0 Å². The Morgan fingerprint density at radius 2 is 0.531 bits per heavy atom. The lowest BCUT2D eigenvalue weighted by Gasteiger charge is -2.15. The smallest absolute Gasteiger partial charge is 0.160 e. The molecular weight excluding hydrogens is 1190 g/mol. The molecule has 1 aliphatic carbocycles. The second-order valence-electron chi connectivity index (χ2n) is 26.0. The topological polar surface area (TPSA) is 45.5 Å². The van der Waals surface area contributed by atoms with Crippen LogP contribution in [0.2, 0.25) is 0 Å². The molecular formula is C92H56N6. The molecule has 0 N–H and O–H groups in total. The lowest BCUT2D eigenvalue weighted by Crippen LogP contribution is -1.99. The van der Waals surface area contributed by atoms with E-state index in [4.69, 9.17) is 9.97 Å². The molecule has 15 aromatic carbocycles. The monoisotopic (exact) mass is 1240 g/mol. The molecule has 5 aromatic heterocycles. The lowest BCUT2D eigenvalue weighted by molar-refractivity contribution is 1.17. The summed E-state index contributed by atoms with van der Waals surface area (Å²) in [5.74, 6) is 0.689. The Balaban J connectivity index is 0.624. The number of hydrogen-bond donors (Lipinski definition) is 0. The van der Waals surface area contributed by atoms with E-state index < -0.39 is 0 Å². The Morgan fingerprint density at radius 3 is 0.990 bits per heavy atom. The summed E-state index contributed by atoms with van der Waals surface area (Å²) in [5.41, 5.74) is 28.1. The van der Waals surface area contributed by atoms with E-state index in [-0.39, 0.29) is 0 Å². The summed E-state index contributed by atoms with van der Waals surface area (Å²) in [4.78, 5) is 11.1. The molecule has 0 aliphatic heterocycles. The molecule has 0 bridgehead atoms. The van der Waals surface area contributed by atoms with Gasteiger partial charge in [0, 0.05) is 88.1 Å². The highest BCUT2D eigenvalue weighted by molar-refractivity contribution is 6.18. The molecule has 20 aromatic rings. The third-order valence-electron chi connectivity index (χ3n) is 20.7. The first kappa shape index (κ1) is 54.3. The van der Waals surface area contributed by atoms with E-state index in [0.29, 0.717) is 5.82 Å². The maximum absolute atomic E-state index is 5.63. The van der Waals surface area contributed by atoms with Crippen molar-refractivity contribution in [2.24, 2.45) is 0 Å². The molecule has 98 heavy (non-hydrogen) atoms. The van der Waals surface area contributed by atoms with Crippen molar-refractivity contribution >= 4 is 98.0 Å². The van der Waals surface area contributed by atoms with Gasteiger partial charge in [-0.2, -0.15) is 0 Å². The third kappa shape index (κ3) is 8.15. The van der Waals surface area contributed by atoms with Gasteiger partial charge in [0.2, 0.25) is 0 Å². The van der Waals surface area contributed by atoms with Crippen LogP contribution in [-0.4, -0.2) is 28.2 Å². The number of hydrogen-bond acceptors (Lipinski definition) is 2. The van der Waals surface area contributed by atoms with Crippen molar-refractivity contribution in [3.05, 3.63) is 340 Å². The zero-order chi connectivity index (χ0) is 64.1. The van der Waals surface area contributed by atoms with Gasteiger partial charge in [-0.25, -0.2) is 9.97 Å². The Kier molecular flexibility index (Phi) is 11.7. The van der Waals surface area contributed by atoms with Gasteiger partial charge in [0.25, 0.3) is 0 Å². The zero-order valence-electron chi connectivity index (χ0n) is 53.0. The zero-order valence-corrected chi connectivity index (χ0v) is 53.0. The molecule has 0 spiro atoms. The second-order valence-corrected chi connectivity index (χ2v) is 26.0. The van der Waals surface area contributed by atoms with Gasteiger partial charge in [-0.15, -0.1) is 0 Å². The lowest BCUT2D eigenvalue weighted by atomic mass is 9.98. The predicted octanol–water partition coefficient (Wildman–Crippen LogP) is 24.0. The number of para-hydroxylation sites is 6. The maximum atomic E-state index is 5.63. The average Bonchev–Trinajstić information content (AvgIpc) is 1.56. The minimum atomic E-state index is 0.689. The van der Waals surface area contributed by atoms with Crippen LogP contribution >= 0.6 is 0 Å². The van der Waals surface area contributed by atoms with E-state index in [1.807, 2.05) is 0 Å². The van der Waals surface area contributed by atoms with Crippen LogP contribution in [-0.2, 0) is 0 Å². The molecule has 454 valence electrons. The molecule has 0 atom stereocenters. The molecule has 0 unspecified atom stereocenters. The first-order valence-corrected chi connectivity index (χ1v) is 33.6. The molecule has 6 nitrogen and oxygen atoms in total. The summed E-state index contributed by atoms with van der Waals surface area (Å²) in [7, 11) is 0. The molecule has 21 rings (SSSR count). The molecule has 6 heteroatoms. The summed E-state index contributed by atoms with van der Waals surface area (Å²) in [5, 5.41) is 12.2. The van der Waals surface area contributed by atoms with Gasteiger partial charge in [-0.05, 0) is 171 Å². The van der Waals surface area contributed by atoms with Crippen molar-refractivity contribution in [2.45, 2.75) is 0 Å². The van der Waals surface area contributed by atoms with Crippen LogP contribution in [0.25, 0.3) is 199 Å². The summed E-state index contributed by atoms with van der Waals surface area (Å²) in [6.07, 6.45) is 0. The highest BCUT2D eigenvalue weighted by atomic mass is 15.0. The Bertz CT molecular complexity index is 6700. The Morgan fingerprint density at radius 1 is 0.194 bits per heavy atom. The second kappa shape index (κ2) is 21.2. The minimum Gasteiger partial charge on any atom is -0.309 e. The fraction of sp³-hybridized carbons (Fsp3) is 0. The van der Waals surface area contributed by atoms with Crippen molar-refractivity contribution in [3.63, 3.8) is 0 Å². The van der Waals surface area contributed by atoms with Crippen molar-refractivity contribution in [1.29, 1.82) is 0 Å². The molecule has 5 heterocycles. The fourth-order valence-corrected chi connectivity index (χ4v) is 16.3. The molecule has 0 amide bonds. The number of nitrogens with zero attached hydrogens (tertiary/aromatic N) is 6. The van der Waals surface area contributed by atoms with E-state index in [1.165, 1.54) is 109 Å². The quantitative estimate of drug-likeness (QED) is 0.145. The number of benzene rings is 15. The molecule has 0 saturated heterocycles. The molecule has 0 saturated carbocycles. The van der Waals surface area contributed by atoms with Crippen LogP contribution in [0, 0.1) is 0 Å². The fourth-order valence-electron chi connectivity index (χ4n) is 16.3. The average molecular weight is 1250 g/mol. The van der Waals surface area contributed by atoms with Gasteiger partial charge >= 0.3 is 0 Å². The summed E-state index contributed by atoms with van der Waals surface area (Å²) < 4.78 is 9.58. The Labute approximate surface area is 563 Å². The van der Waals surface area contributed by atoms with E-state index in [0.717, 1.165) is 84.1 Å². The van der Waals surface area contributed by atoms with Crippen LogP contribution < -0.4 is 0 Å². The predicted molar refractivity (Wildman–Crippen MR) is 409 cm³/mol. The number of rotatable bonds is 9. The van der Waals surface area contributed by atoms with Crippen molar-refractivity contribution in [2.75, 3.05) is 0 Å². The number of fused-ring (bicyclic) bond motifs is 15. The van der Waals surface area contributed by atoms with E-state index in [2.05, 4.69) is 358 Å². The first-order chi connectivity index (χ1) is 48.6. The summed E-state index contributed by atoms with van der Waals surface area (Å²) >= 11 is 0. The van der Waals surface area contributed by atoms with Gasteiger partial charge in [0.1, 0.15) is 0 Å². The van der Waals surface area contributed by atoms with Crippen LogP contribution in [0.3, 0.4) is 0 Å². The molecule has 0 radical (unpaired) electrons. The molecule has 0 fully saturated rings. The van der Waals surface area contributed by atoms with Gasteiger partial charge < -0.3 is 18.3 Å². The third-order valence-corrected chi connectivity index (χ3v) is 20.7. The largest absolute Gasteiger partial charge is 0.309 e. The van der Waals surface area contributed by atoms with Crippen LogP contribution in [0.1, 0.15) is 0 Å². The highest BCUT2D eigenvalue weighted by Gasteiger charge is 2.29. The van der Waals surface area contributed by atoms with Gasteiger partial charge in [-0.3, -0.25) is 0 Å². The van der Waals surface area contributed by atoms with Crippen molar-refractivity contribution < 1.29 is 0 Å². The number of aromatic nitrogens is 6. The van der Waals surface area contributed by atoms with Crippen LogP contribution in [0.4, 0.5) is 0 Å². The standard InChI is InChI=1S/C92H56N6/c1-3-21-66(22-4-1)95-80-32-11-7-26-70(80)76-53-61(42-48-84(76)95)63-44-50-86-78(55-63)72-28-9-13-34-82(72)97(86)68-46-40-58(41-47-68)57-36-38-60(39-37-57)92-93-90(89-74-30-16-18-59-19-17-31-75(88(59)74)91(89)94-92)65-20-15-25-69(52-65)98-83-35-14-10-29-73(83)79-56-64(45-51-87(79)98)62-43-49-85-77(54-62)71-27-8-12-33-81(71)96(85)67-23-5-2-6-24-67/h1-56H. The highest BCUT2D eigenvalue weighted by Crippen LogP contribution is 2.51.